The van der Waals surface area contributed by atoms with Gasteiger partial charge < -0.3 is 0 Å². The van der Waals surface area contributed by atoms with Crippen molar-refractivity contribution in [3.63, 3.8) is 0 Å². The van der Waals surface area contributed by atoms with Crippen molar-refractivity contribution < 1.29 is 9.18 Å². The van der Waals surface area contributed by atoms with Crippen molar-refractivity contribution in [3.8, 4) is 0 Å². The number of rotatable bonds is 2. The lowest BCUT2D eigenvalue weighted by Gasteiger charge is -2.05. The lowest BCUT2D eigenvalue weighted by Crippen LogP contribution is -2.13. The molecule has 0 fully saturated rings. The Labute approximate surface area is 117 Å². The number of aryl methyl sites for hydroxylation is 1. The second kappa shape index (κ2) is 4.93. The number of hydrogen-bond donors (Lipinski definition) is 1. The van der Waals surface area contributed by atoms with Gasteiger partial charge in [0.15, 0.2) is 0 Å². The monoisotopic (exact) mass is 288 g/mol. The van der Waals surface area contributed by atoms with E-state index in [2.05, 4.69) is 20.5 Å². The van der Waals surface area contributed by atoms with Gasteiger partial charge in [-0.25, -0.2) is 4.39 Å². The minimum Gasteiger partial charge on any atom is -0.296 e. The highest BCUT2D eigenvalue weighted by Crippen LogP contribution is 2.21. The minimum absolute atomic E-state index is 0.174. The van der Waals surface area contributed by atoms with Crippen molar-refractivity contribution in [1.82, 2.24) is 15.2 Å². The maximum atomic E-state index is 13.6. The second-order valence-electron chi connectivity index (χ2n) is 4.11. The SMILES string of the molecule is Cc1nnc(NC(=O)c2cc(F)cc3cccnc23)s1. The number of nitrogens with one attached hydrogen (secondary N) is 1. The zero-order valence-corrected chi connectivity index (χ0v) is 11.2. The van der Waals surface area contributed by atoms with Gasteiger partial charge in [-0.15, -0.1) is 10.2 Å². The summed E-state index contributed by atoms with van der Waals surface area (Å²) in [4.78, 5) is 16.3. The van der Waals surface area contributed by atoms with Gasteiger partial charge in [0.05, 0.1) is 11.1 Å². The average molecular weight is 288 g/mol. The van der Waals surface area contributed by atoms with Gasteiger partial charge in [0, 0.05) is 11.6 Å². The molecule has 7 heteroatoms. The van der Waals surface area contributed by atoms with Gasteiger partial charge in [-0.2, -0.15) is 0 Å². The molecule has 0 aliphatic heterocycles. The number of carbonyl (C=O) groups is 1. The molecule has 0 saturated heterocycles. The Morgan fingerprint density at radius 3 is 2.95 bits per heavy atom. The molecule has 0 saturated carbocycles. The third-order valence-corrected chi connectivity index (χ3v) is 3.41. The molecule has 0 aliphatic carbocycles. The van der Waals surface area contributed by atoms with Crippen LogP contribution in [0.15, 0.2) is 30.5 Å². The number of halogens is 1. The Morgan fingerprint density at radius 1 is 1.35 bits per heavy atom. The van der Waals surface area contributed by atoms with Crippen molar-refractivity contribution >= 4 is 33.3 Å². The van der Waals surface area contributed by atoms with E-state index in [1.807, 2.05) is 0 Å². The fraction of sp³-hybridized carbons (Fsp3) is 0.0769. The Morgan fingerprint density at radius 2 is 2.20 bits per heavy atom. The molecule has 2 heterocycles. The molecule has 0 atom stereocenters. The Bertz CT molecular complexity index is 802. The number of aromatic nitrogens is 3. The summed E-state index contributed by atoms with van der Waals surface area (Å²) in [6, 6.07) is 5.90. The molecule has 1 N–H and O–H groups in total. The zero-order valence-electron chi connectivity index (χ0n) is 10.4. The molecule has 3 rings (SSSR count). The maximum Gasteiger partial charge on any atom is 0.259 e. The predicted molar refractivity (Wildman–Crippen MR) is 74.3 cm³/mol. The molecule has 0 bridgehead atoms. The van der Waals surface area contributed by atoms with Crippen LogP contribution in [-0.4, -0.2) is 21.1 Å². The number of benzene rings is 1. The summed E-state index contributed by atoms with van der Waals surface area (Å²) in [7, 11) is 0. The van der Waals surface area contributed by atoms with Gasteiger partial charge in [0.25, 0.3) is 5.91 Å². The number of amides is 1. The average Bonchev–Trinajstić information content (AvgIpc) is 2.83. The van der Waals surface area contributed by atoms with Gasteiger partial charge in [-0.3, -0.25) is 15.1 Å². The molecule has 3 aromatic rings. The van der Waals surface area contributed by atoms with Crippen LogP contribution >= 0.6 is 11.3 Å². The molecule has 2 aromatic heterocycles. The first-order chi connectivity index (χ1) is 9.63. The summed E-state index contributed by atoms with van der Waals surface area (Å²) >= 11 is 1.25. The van der Waals surface area contributed by atoms with E-state index in [0.29, 0.717) is 16.0 Å². The van der Waals surface area contributed by atoms with Crippen molar-refractivity contribution in [3.05, 3.63) is 46.9 Å². The highest BCUT2D eigenvalue weighted by molar-refractivity contribution is 7.15. The number of nitrogens with zero attached hydrogens (tertiary/aromatic N) is 3. The fourth-order valence-corrected chi connectivity index (χ4v) is 2.43. The van der Waals surface area contributed by atoms with E-state index >= 15 is 0 Å². The molecule has 0 aliphatic rings. The lowest BCUT2D eigenvalue weighted by molar-refractivity contribution is 0.102. The Hall–Kier alpha value is -2.41. The first kappa shape index (κ1) is 12.6. The van der Waals surface area contributed by atoms with Crippen LogP contribution in [0, 0.1) is 12.7 Å². The summed E-state index contributed by atoms with van der Waals surface area (Å²) in [5.74, 6) is -0.937. The Balaban J connectivity index is 2.02. The van der Waals surface area contributed by atoms with Crippen molar-refractivity contribution in [2.45, 2.75) is 6.92 Å². The molecule has 20 heavy (non-hydrogen) atoms. The number of anilines is 1. The summed E-state index contributed by atoms with van der Waals surface area (Å²) in [5.41, 5.74) is 0.626. The molecule has 0 unspecified atom stereocenters. The minimum atomic E-state index is -0.482. The molecule has 0 spiro atoms. The third-order valence-electron chi connectivity index (χ3n) is 2.66. The summed E-state index contributed by atoms with van der Waals surface area (Å²) in [5, 5.41) is 11.9. The number of pyridine rings is 1. The van der Waals surface area contributed by atoms with E-state index in [1.54, 1.807) is 25.3 Å². The van der Waals surface area contributed by atoms with E-state index < -0.39 is 11.7 Å². The summed E-state index contributed by atoms with van der Waals surface area (Å²) in [6.45, 7) is 1.78. The number of hydrogen-bond acceptors (Lipinski definition) is 5. The Kier molecular flexibility index (Phi) is 3.11. The topological polar surface area (TPSA) is 67.8 Å². The molecular weight excluding hydrogens is 279 g/mol. The first-order valence-corrected chi connectivity index (χ1v) is 6.61. The van der Waals surface area contributed by atoms with Gasteiger partial charge in [0.2, 0.25) is 5.13 Å². The van der Waals surface area contributed by atoms with Gasteiger partial charge >= 0.3 is 0 Å². The van der Waals surface area contributed by atoms with Crippen LogP contribution in [0.1, 0.15) is 15.4 Å². The van der Waals surface area contributed by atoms with E-state index in [1.165, 1.54) is 23.5 Å². The van der Waals surface area contributed by atoms with Crippen LogP contribution in [0.4, 0.5) is 9.52 Å². The number of fused-ring (bicyclic) bond motifs is 1. The van der Waals surface area contributed by atoms with Crippen molar-refractivity contribution in [2.75, 3.05) is 5.32 Å². The van der Waals surface area contributed by atoms with Gasteiger partial charge in [-0.1, -0.05) is 17.4 Å². The molecule has 100 valence electrons. The molecular formula is C13H9FN4OS. The maximum absolute atomic E-state index is 13.6. The fourth-order valence-electron chi connectivity index (χ4n) is 1.84. The van der Waals surface area contributed by atoms with E-state index in [4.69, 9.17) is 0 Å². The molecule has 0 radical (unpaired) electrons. The lowest BCUT2D eigenvalue weighted by atomic mass is 10.1. The highest BCUT2D eigenvalue weighted by Gasteiger charge is 2.14. The molecule has 1 aromatic carbocycles. The highest BCUT2D eigenvalue weighted by atomic mass is 32.1. The van der Waals surface area contributed by atoms with Crippen molar-refractivity contribution in [1.29, 1.82) is 0 Å². The van der Waals surface area contributed by atoms with Crippen LogP contribution < -0.4 is 5.32 Å². The van der Waals surface area contributed by atoms with Crippen molar-refractivity contribution in [2.24, 2.45) is 0 Å². The van der Waals surface area contributed by atoms with Crippen LogP contribution in [0.2, 0.25) is 0 Å². The first-order valence-electron chi connectivity index (χ1n) is 5.79. The zero-order chi connectivity index (χ0) is 14.1. The van der Waals surface area contributed by atoms with Crippen LogP contribution in [0.25, 0.3) is 10.9 Å². The van der Waals surface area contributed by atoms with Gasteiger partial charge in [0.1, 0.15) is 10.8 Å². The molecule has 5 nitrogen and oxygen atoms in total. The third kappa shape index (κ3) is 2.35. The second-order valence-corrected chi connectivity index (χ2v) is 5.29. The summed E-state index contributed by atoms with van der Waals surface area (Å²) in [6.07, 6.45) is 1.56. The normalized spacial score (nSPS) is 10.7. The standard InChI is InChI=1S/C13H9FN4OS/c1-7-17-18-13(20-7)16-12(19)10-6-9(14)5-8-3-2-4-15-11(8)10/h2-6H,1H3,(H,16,18,19). The quantitative estimate of drug-likeness (QED) is 0.787. The van der Waals surface area contributed by atoms with Crippen LogP contribution in [-0.2, 0) is 0 Å². The molecule has 1 amide bonds. The smallest absolute Gasteiger partial charge is 0.259 e. The predicted octanol–water partition coefficient (Wildman–Crippen LogP) is 2.79. The van der Waals surface area contributed by atoms with Crippen LogP contribution in [0.5, 0.6) is 0 Å². The van der Waals surface area contributed by atoms with E-state index in [-0.39, 0.29) is 5.56 Å². The summed E-state index contributed by atoms with van der Waals surface area (Å²) < 4.78 is 13.6. The van der Waals surface area contributed by atoms with E-state index in [0.717, 1.165) is 5.01 Å². The van der Waals surface area contributed by atoms with E-state index in [9.17, 15) is 9.18 Å². The van der Waals surface area contributed by atoms with Gasteiger partial charge in [-0.05, 0) is 25.1 Å². The van der Waals surface area contributed by atoms with Crippen LogP contribution in [0.3, 0.4) is 0 Å². The number of carbonyl (C=O) groups excluding carboxylic acids is 1. The largest absolute Gasteiger partial charge is 0.296 e.